The third-order valence-electron chi connectivity index (χ3n) is 16.9. The number of ether oxygens (including phenoxy) is 7. The molecule has 406 valence electrons. The number of cyclic esters (lactones) is 1. The van der Waals surface area contributed by atoms with E-state index in [1.807, 2.05) is 27.7 Å². The number of nitrogens with zero attached hydrogens (tertiary/aromatic N) is 2. The Morgan fingerprint density at radius 3 is 2.17 bits per heavy atom. The van der Waals surface area contributed by atoms with E-state index in [0.717, 1.165) is 56.8 Å². The molecule has 0 spiro atoms. The van der Waals surface area contributed by atoms with E-state index in [-0.39, 0.29) is 66.6 Å². The Morgan fingerprint density at radius 2 is 1.54 bits per heavy atom. The third kappa shape index (κ3) is 15.2. The normalized spacial score (nSPS) is 36.7. The monoisotopic (exact) mass is 1020 g/mol. The van der Waals surface area contributed by atoms with Crippen LogP contribution in [-0.2, 0) is 56.8 Å². The predicted octanol–water partition coefficient (Wildman–Crippen LogP) is 7.86. The highest BCUT2D eigenvalue weighted by Gasteiger charge is 2.57. The first-order valence-corrected chi connectivity index (χ1v) is 29.9. The molecule has 1 amide bonds. The minimum atomic E-state index is -2.54. The van der Waals surface area contributed by atoms with Gasteiger partial charge in [0, 0.05) is 71.7 Å². The Kier molecular flexibility index (Phi) is 22.1. The highest BCUT2D eigenvalue weighted by Crippen LogP contribution is 2.42. The number of piperidine rings is 1. The molecular weight excluding hydrogens is 925 g/mol. The molecule has 1 saturated carbocycles. The summed E-state index contributed by atoms with van der Waals surface area (Å²) in [5.74, 6) is -6.75. The first-order valence-electron chi connectivity index (χ1n) is 27.0. The molecule has 14 unspecified atom stereocenters. The number of ketones is 2. The SMILES string of the molecule is CCC1C=C(C)CC(C)CC(OC)C2OC(O)(C(=O)C(=O)N3CCCCC3C(=O)OC(C(C)=CC3CCC(OCCN4CCOCC4)C(OC)C3)C(C)C(O[Si](C)(C)C(C)(C)C)CC1=O)C(C)CC2OC. The van der Waals surface area contributed by atoms with E-state index >= 15 is 0 Å². The fourth-order valence-corrected chi connectivity index (χ4v) is 12.8. The van der Waals surface area contributed by atoms with Crippen LogP contribution in [0, 0.1) is 29.6 Å². The van der Waals surface area contributed by atoms with Crippen molar-refractivity contribution < 1.29 is 61.9 Å². The average Bonchev–Trinajstić information content (AvgIpc) is 3.33. The van der Waals surface area contributed by atoms with Crippen LogP contribution in [0.15, 0.2) is 23.3 Å². The molecule has 14 atom stereocenters. The summed E-state index contributed by atoms with van der Waals surface area (Å²) in [6.45, 7) is 27.6. The van der Waals surface area contributed by atoms with Crippen molar-refractivity contribution in [2.75, 3.05) is 67.3 Å². The molecule has 2 bridgehead atoms. The Morgan fingerprint density at radius 1 is 0.873 bits per heavy atom. The topological polar surface area (TPSA) is 169 Å². The number of hydrogen-bond acceptors (Lipinski definition) is 14. The van der Waals surface area contributed by atoms with Gasteiger partial charge in [-0.25, -0.2) is 4.79 Å². The second-order valence-electron chi connectivity index (χ2n) is 23.3. The first-order chi connectivity index (χ1) is 33.5. The molecule has 4 heterocycles. The molecule has 0 aromatic carbocycles. The lowest BCUT2D eigenvalue weighted by atomic mass is 9.81. The maximum atomic E-state index is 15.0. The molecule has 4 aliphatic heterocycles. The van der Waals surface area contributed by atoms with Crippen LogP contribution in [0.2, 0.25) is 18.1 Å². The van der Waals surface area contributed by atoms with Crippen LogP contribution in [0.5, 0.6) is 0 Å². The second kappa shape index (κ2) is 26.4. The van der Waals surface area contributed by atoms with E-state index in [4.69, 9.17) is 37.6 Å². The van der Waals surface area contributed by atoms with Crippen molar-refractivity contribution in [3.63, 3.8) is 0 Å². The number of allylic oxidation sites excluding steroid dienone is 3. The number of carbonyl (C=O) groups excluding carboxylic acids is 4. The summed E-state index contributed by atoms with van der Waals surface area (Å²) in [5.41, 5.74) is 1.87. The summed E-state index contributed by atoms with van der Waals surface area (Å²) in [6, 6.07) is -1.10. The van der Waals surface area contributed by atoms with Gasteiger partial charge in [0.15, 0.2) is 8.32 Å². The Labute approximate surface area is 427 Å². The van der Waals surface area contributed by atoms with Gasteiger partial charge in [0.1, 0.15) is 24.0 Å². The van der Waals surface area contributed by atoms with Crippen LogP contribution in [-0.4, -0.2) is 169 Å². The summed E-state index contributed by atoms with van der Waals surface area (Å²) in [5, 5.41) is 12.1. The maximum absolute atomic E-state index is 15.0. The fraction of sp³-hybridized carbons (Fsp3) is 0.855. The highest BCUT2D eigenvalue weighted by atomic mass is 28.4. The van der Waals surface area contributed by atoms with Crippen LogP contribution in [0.1, 0.15) is 133 Å². The summed E-state index contributed by atoms with van der Waals surface area (Å²) in [7, 11) is 2.32. The molecule has 5 rings (SSSR count). The van der Waals surface area contributed by atoms with Crippen molar-refractivity contribution >= 4 is 31.8 Å². The number of methoxy groups -OCH3 is 3. The van der Waals surface area contributed by atoms with E-state index in [2.05, 4.69) is 57.8 Å². The molecule has 0 radical (unpaired) electrons. The van der Waals surface area contributed by atoms with Crippen molar-refractivity contribution in [3.8, 4) is 0 Å². The number of Topliss-reactive ketones (excluding diaryl/α,β-unsaturated/α-hetero) is 2. The Hall–Kier alpha value is -2.38. The van der Waals surface area contributed by atoms with Gasteiger partial charge in [0.2, 0.25) is 5.79 Å². The Bertz CT molecular complexity index is 1830. The Balaban J connectivity index is 1.55. The summed E-state index contributed by atoms with van der Waals surface area (Å²) >= 11 is 0. The van der Waals surface area contributed by atoms with E-state index in [9.17, 15) is 24.3 Å². The first kappa shape index (κ1) is 59.5. The van der Waals surface area contributed by atoms with Gasteiger partial charge in [0.25, 0.3) is 11.7 Å². The quantitative estimate of drug-likeness (QED) is 0.0868. The molecule has 5 aliphatic rings. The fourth-order valence-electron chi connectivity index (χ4n) is 11.4. The number of morpholine rings is 1. The van der Waals surface area contributed by atoms with Crippen LogP contribution in [0.3, 0.4) is 0 Å². The minimum absolute atomic E-state index is 0.0494. The van der Waals surface area contributed by atoms with Gasteiger partial charge in [0.05, 0.1) is 50.3 Å². The summed E-state index contributed by atoms with van der Waals surface area (Å²) < 4.78 is 50.3. The second-order valence-corrected chi connectivity index (χ2v) is 28.1. The molecule has 15 nitrogen and oxygen atoms in total. The summed E-state index contributed by atoms with van der Waals surface area (Å²) in [4.78, 5) is 62.6. The molecule has 1 N–H and O–H groups in total. The van der Waals surface area contributed by atoms with Crippen molar-refractivity contribution in [1.82, 2.24) is 9.80 Å². The molecule has 1 aliphatic carbocycles. The van der Waals surface area contributed by atoms with Gasteiger partial charge < -0.3 is 47.6 Å². The third-order valence-corrected chi connectivity index (χ3v) is 21.4. The maximum Gasteiger partial charge on any atom is 0.329 e. The lowest BCUT2D eigenvalue weighted by molar-refractivity contribution is -0.302. The highest BCUT2D eigenvalue weighted by molar-refractivity contribution is 6.74. The number of esters is 1. The summed E-state index contributed by atoms with van der Waals surface area (Å²) in [6.07, 6.45) is 6.54. The lowest BCUT2D eigenvalue weighted by Gasteiger charge is -2.47. The number of aliphatic hydroxyl groups is 1. The van der Waals surface area contributed by atoms with Gasteiger partial charge in [-0.3, -0.25) is 19.3 Å². The standard InChI is InChI=1S/C55H94N2O13Si/c1-15-41-29-35(2)28-36(3)30-47(64-11)50-48(65-12)32-38(5)55(62,69-50)51(59)52(60)57-21-17-16-18-42(57)53(61)68-49(39(6)45(34-43(41)58)70-71(13,14)54(7,8)9)37(4)31-40-19-20-44(46(33-40)63-10)67-27-24-56-22-25-66-26-23-56/h29,31,36,38-42,44-50,62H,15-28,30,32-34H2,1-14H3. The minimum Gasteiger partial charge on any atom is -0.456 e. The van der Waals surface area contributed by atoms with Crippen LogP contribution >= 0.6 is 0 Å². The molecule has 3 saturated heterocycles. The van der Waals surface area contributed by atoms with Crippen molar-refractivity contribution in [2.45, 2.75) is 206 Å². The zero-order valence-electron chi connectivity index (χ0n) is 46.1. The van der Waals surface area contributed by atoms with Crippen LogP contribution < -0.4 is 0 Å². The largest absolute Gasteiger partial charge is 0.456 e. The number of carbonyl (C=O) groups is 4. The molecule has 16 heteroatoms. The average molecular weight is 1020 g/mol. The number of rotatable bonds is 12. The molecular formula is C55H94N2O13Si. The van der Waals surface area contributed by atoms with Gasteiger partial charge in [-0.05, 0) is 114 Å². The van der Waals surface area contributed by atoms with E-state index in [1.165, 1.54) is 4.90 Å². The van der Waals surface area contributed by atoms with E-state index < -0.39 is 80.2 Å². The molecule has 0 aromatic rings. The van der Waals surface area contributed by atoms with Gasteiger partial charge in [-0.2, -0.15) is 0 Å². The van der Waals surface area contributed by atoms with Crippen molar-refractivity contribution in [2.24, 2.45) is 29.6 Å². The zero-order valence-corrected chi connectivity index (χ0v) is 47.1. The molecule has 4 fully saturated rings. The zero-order chi connectivity index (χ0) is 52.4. The lowest BCUT2D eigenvalue weighted by Crippen LogP contribution is -2.64. The number of fused-ring (bicyclic) bond motifs is 3. The van der Waals surface area contributed by atoms with E-state index in [0.29, 0.717) is 45.1 Å². The smallest absolute Gasteiger partial charge is 0.329 e. The van der Waals surface area contributed by atoms with Crippen LogP contribution in [0.25, 0.3) is 0 Å². The van der Waals surface area contributed by atoms with Gasteiger partial charge in [-0.1, -0.05) is 66.2 Å². The number of amides is 1. The number of hydrogen-bond donors (Lipinski definition) is 1. The van der Waals surface area contributed by atoms with Crippen LogP contribution in [0.4, 0.5) is 0 Å². The van der Waals surface area contributed by atoms with Crippen molar-refractivity contribution in [1.29, 1.82) is 0 Å². The van der Waals surface area contributed by atoms with Crippen molar-refractivity contribution in [3.05, 3.63) is 23.3 Å². The van der Waals surface area contributed by atoms with Gasteiger partial charge >= 0.3 is 5.97 Å². The van der Waals surface area contributed by atoms with E-state index in [1.54, 1.807) is 28.3 Å². The molecule has 71 heavy (non-hydrogen) atoms. The van der Waals surface area contributed by atoms with Gasteiger partial charge in [-0.15, -0.1) is 0 Å². The predicted molar refractivity (Wildman–Crippen MR) is 275 cm³/mol. The molecule has 0 aromatic heterocycles.